The van der Waals surface area contributed by atoms with Crippen LogP contribution in [0.2, 0.25) is 0 Å². The minimum atomic E-state index is 0.0644. The molecule has 0 aliphatic carbocycles. The number of rotatable bonds is 6. The first-order chi connectivity index (χ1) is 8.11. The summed E-state index contributed by atoms with van der Waals surface area (Å²) in [6.45, 7) is 3.18. The molecule has 1 aromatic carbocycles. The molecule has 1 amide bonds. The van der Waals surface area contributed by atoms with Crippen molar-refractivity contribution in [1.82, 2.24) is 5.32 Å². The molecule has 0 aliphatic rings. The molecule has 0 radical (unpaired) electrons. The number of carbonyl (C=O) groups excluding carboxylic acids is 1. The maximum Gasteiger partial charge on any atom is 0.220 e. The van der Waals surface area contributed by atoms with Gasteiger partial charge in [-0.05, 0) is 23.6 Å². The summed E-state index contributed by atoms with van der Waals surface area (Å²) in [6.07, 6.45) is 0.502. The van der Waals surface area contributed by atoms with Crippen molar-refractivity contribution in [2.75, 3.05) is 13.7 Å². The van der Waals surface area contributed by atoms with Gasteiger partial charge < -0.3 is 10.1 Å². The minimum absolute atomic E-state index is 0.0644. The lowest BCUT2D eigenvalue weighted by molar-refractivity contribution is -0.122. The van der Waals surface area contributed by atoms with Crippen LogP contribution < -0.4 is 5.32 Å². The maximum atomic E-state index is 11.6. The summed E-state index contributed by atoms with van der Waals surface area (Å²) in [6, 6.07) is 7.91. The highest BCUT2D eigenvalue weighted by atomic mass is 79.9. The van der Waals surface area contributed by atoms with E-state index in [1.165, 1.54) is 0 Å². The highest BCUT2D eigenvalue weighted by Gasteiger charge is 2.08. The van der Waals surface area contributed by atoms with E-state index in [1.807, 2.05) is 31.2 Å². The molecule has 0 spiro atoms. The maximum absolute atomic E-state index is 11.6. The molecule has 0 aromatic heterocycles. The van der Waals surface area contributed by atoms with Gasteiger partial charge in [0.15, 0.2) is 0 Å². The van der Waals surface area contributed by atoms with Crippen molar-refractivity contribution >= 4 is 21.8 Å². The molecule has 1 aromatic rings. The van der Waals surface area contributed by atoms with Crippen molar-refractivity contribution in [3.8, 4) is 0 Å². The van der Waals surface area contributed by atoms with Gasteiger partial charge in [0.25, 0.3) is 0 Å². The van der Waals surface area contributed by atoms with Gasteiger partial charge >= 0.3 is 0 Å². The molecule has 1 N–H and O–H groups in total. The van der Waals surface area contributed by atoms with Crippen molar-refractivity contribution in [2.45, 2.75) is 19.9 Å². The second kappa shape index (κ2) is 7.45. The van der Waals surface area contributed by atoms with E-state index in [0.717, 1.165) is 10.0 Å². The quantitative estimate of drug-likeness (QED) is 0.877. The zero-order valence-corrected chi connectivity index (χ0v) is 11.8. The van der Waals surface area contributed by atoms with Crippen molar-refractivity contribution in [3.63, 3.8) is 0 Å². The third-order valence-corrected chi connectivity index (χ3v) is 2.86. The van der Waals surface area contributed by atoms with Gasteiger partial charge in [-0.25, -0.2) is 0 Å². The van der Waals surface area contributed by atoms with Gasteiger partial charge in [0, 0.05) is 31.2 Å². The molecule has 0 saturated heterocycles. The number of hydrogen-bond donors (Lipinski definition) is 1. The van der Waals surface area contributed by atoms with Crippen LogP contribution >= 0.6 is 15.9 Å². The van der Waals surface area contributed by atoms with Crippen LogP contribution in [-0.4, -0.2) is 19.6 Å². The molecule has 1 unspecified atom stereocenters. The molecule has 1 atom stereocenters. The molecule has 94 valence electrons. The number of nitrogens with one attached hydrogen (secondary N) is 1. The lowest BCUT2D eigenvalue weighted by Gasteiger charge is -2.10. The van der Waals surface area contributed by atoms with Crippen LogP contribution in [0.15, 0.2) is 28.7 Å². The van der Waals surface area contributed by atoms with E-state index in [9.17, 15) is 4.79 Å². The van der Waals surface area contributed by atoms with E-state index in [2.05, 4.69) is 21.2 Å². The summed E-state index contributed by atoms with van der Waals surface area (Å²) in [5.74, 6) is 0.317. The Labute approximate surface area is 111 Å². The first-order valence-electron chi connectivity index (χ1n) is 5.62. The van der Waals surface area contributed by atoms with Gasteiger partial charge in [0.2, 0.25) is 5.91 Å². The van der Waals surface area contributed by atoms with Crippen LogP contribution in [0.1, 0.15) is 18.9 Å². The Morgan fingerprint density at radius 1 is 1.53 bits per heavy atom. The molecule has 0 bridgehead atoms. The van der Waals surface area contributed by atoms with E-state index < -0.39 is 0 Å². The van der Waals surface area contributed by atoms with Crippen molar-refractivity contribution < 1.29 is 9.53 Å². The SMILES string of the molecule is COCC(C)CC(=O)NCc1cccc(Br)c1. The summed E-state index contributed by atoms with van der Waals surface area (Å²) < 4.78 is 6.02. The molecule has 4 heteroatoms. The van der Waals surface area contributed by atoms with E-state index in [-0.39, 0.29) is 11.8 Å². The number of amides is 1. The largest absolute Gasteiger partial charge is 0.384 e. The molecule has 0 saturated carbocycles. The van der Waals surface area contributed by atoms with E-state index in [4.69, 9.17) is 4.74 Å². The minimum Gasteiger partial charge on any atom is -0.384 e. The Bertz CT molecular complexity index is 368. The Hall–Kier alpha value is -0.870. The Kier molecular flexibility index (Phi) is 6.22. The van der Waals surface area contributed by atoms with E-state index in [1.54, 1.807) is 7.11 Å². The second-order valence-corrected chi connectivity index (χ2v) is 5.09. The number of carbonyl (C=O) groups is 1. The molecular weight excluding hydrogens is 282 g/mol. The lowest BCUT2D eigenvalue weighted by Crippen LogP contribution is -2.25. The Balaban J connectivity index is 2.33. The summed E-state index contributed by atoms with van der Waals surface area (Å²) >= 11 is 3.40. The Morgan fingerprint density at radius 3 is 2.94 bits per heavy atom. The molecule has 3 nitrogen and oxygen atoms in total. The fraction of sp³-hybridized carbons (Fsp3) is 0.462. The van der Waals surface area contributed by atoms with Crippen molar-refractivity contribution in [2.24, 2.45) is 5.92 Å². The zero-order valence-electron chi connectivity index (χ0n) is 10.2. The highest BCUT2D eigenvalue weighted by Crippen LogP contribution is 2.11. The molecule has 0 heterocycles. The molecular formula is C13H18BrNO2. The summed E-state index contributed by atoms with van der Waals surface area (Å²) in [5.41, 5.74) is 1.09. The first kappa shape index (κ1) is 14.2. The average Bonchev–Trinajstić information content (AvgIpc) is 2.27. The van der Waals surface area contributed by atoms with Crippen LogP contribution in [-0.2, 0) is 16.1 Å². The third-order valence-electron chi connectivity index (χ3n) is 2.36. The van der Waals surface area contributed by atoms with Gasteiger partial charge in [-0.15, -0.1) is 0 Å². The molecule has 0 fully saturated rings. The van der Waals surface area contributed by atoms with Crippen LogP contribution in [0.5, 0.6) is 0 Å². The van der Waals surface area contributed by atoms with Gasteiger partial charge in [-0.2, -0.15) is 0 Å². The topological polar surface area (TPSA) is 38.3 Å². The van der Waals surface area contributed by atoms with E-state index in [0.29, 0.717) is 19.6 Å². The zero-order chi connectivity index (χ0) is 12.7. The smallest absolute Gasteiger partial charge is 0.220 e. The third kappa shape index (κ3) is 5.84. The fourth-order valence-electron chi connectivity index (χ4n) is 1.58. The number of benzene rings is 1. The number of ether oxygens (including phenoxy) is 1. The Morgan fingerprint density at radius 2 is 2.29 bits per heavy atom. The number of methoxy groups -OCH3 is 1. The van der Waals surface area contributed by atoms with Crippen LogP contribution in [0.4, 0.5) is 0 Å². The van der Waals surface area contributed by atoms with Gasteiger partial charge in [-0.3, -0.25) is 4.79 Å². The van der Waals surface area contributed by atoms with Crippen molar-refractivity contribution in [3.05, 3.63) is 34.3 Å². The fourth-order valence-corrected chi connectivity index (χ4v) is 2.03. The summed E-state index contributed by atoms with van der Waals surface area (Å²) in [5, 5.41) is 2.90. The van der Waals surface area contributed by atoms with Gasteiger partial charge in [0.1, 0.15) is 0 Å². The highest BCUT2D eigenvalue weighted by molar-refractivity contribution is 9.10. The average molecular weight is 300 g/mol. The number of halogens is 1. The molecule has 1 rings (SSSR count). The predicted molar refractivity (Wildman–Crippen MR) is 71.6 cm³/mol. The second-order valence-electron chi connectivity index (χ2n) is 4.17. The van der Waals surface area contributed by atoms with Gasteiger partial charge in [-0.1, -0.05) is 35.0 Å². The summed E-state index contributed by atoms with van der Waals surface area (Å²) in [4.78, 5) is 11.6. The van der Waals surface area contributed by atoms with E-state index >= 15 is 0 Å². The monoisotopic (exact) mass is 299 g/mol. The van der Waals surface area contributed by atoms with Crippen LogP contribution in [0.25, 0.3) is 0 Å². The number of hydrogen-bond acceptors (Lipinski definition) is 2. The molecule has 0 aliphatic heterocycles. The normalized spacial score (nSPS) is 12.2. The van der Waals surface area contributed by atoms with Gasteiger partial charge in [0.05, 0.1) is 0 Å². The van der Waals surface area contributed by atoms with Crippen LogP contribution in [0, 0.1) is 5.92 Å². The standard InChI is InChI=1S/C13H18BrNO2/c1-10(9-17-2)6-13(16)15-8-11-4-3-5-12(14)7-11/h3-5,7,10H,6,8-9H2,1-2H3,(H,15,16). The molecule has 17 heavy (non-hydrogen) atoms. The predicted octanol–water partition coefficient (Wildman–Crippen LogP) is 2.74. The first-order valence-corrected chi connectivity index (χ1v) is 6.41. The lowest BCUT2D eigenvalue weighted by atomic mass is 10.1. The van der Waals surface area contributed by atoms with Crippen molar-refractivity contribution in [1.29, 1.82) is 0 Å². The summed E-state index contributed by atoms with van der Waals surface area (Å²) in [7, 11) is 1.65. The van der Waals surface area contributed by atoms with Crippen LogP contribution in [0.3, 0.4) is 0 Å².